The van der Waals surface area contributed by atoms with E-state index >= 15 is 0 Å². The van der Waals surface area contributed by atoms with Crippen LogP contribution in [0, 0.1) is 11.5 Å². The van der Waals surface area contributed by atoms with Gasteiger partial charge in [-0.2, -0.15) is 0 Å². The van der Waals surface area contributed by atoms with Crippen LogP contribution in [-0.4, -0.2) is 37.1 Å². The Labute approximate surface area is 161 Å². The van der Waals surface area contributed by atoms with Gasteiger partial charge in [0.15, 0.2) is 0 Å². The van der Waals surface area contributed by atoms with Gasteiger partial charge in [-0.15, -0.1) is 11.5 Å². The highest BCUT2D eigenvalue weighted by atomic mass is 28.3. The van der Waals surface area contributed by atoms with Crippen LogP contribution < -0.4 is 10.1 Å². The Kier molecular flexibility index (Phi) is 7.37. The van der Waals surface area contributed by atoms with Gasteiger partial charge in [0, 0.05) is 18.9 Å². The standard InChI is InChI=1S/C20H27NO5Si/c1-14(22)26-16-10-7-9-15(13-16)18(23)21-17(19(24)25)11-8-12-27(5,6)20(2,3)4/h7,9-10,13,17H,11H2,1-6H3,(H,21,23)(H,24,25)/t17-/m0/s1. The maximum absolute atomic E-state index is 12.4. The molecule has 0 aliphatic heterocycles. The number of esters is 1. The Hall–Kier alpha value is -2.59. The number of hydrogen-bond donors (Lipinski definition) is 2. The third-order valence-corrected chi connectivity index (χ3v) is 9.10. The Morgan fingerprint density at radius 2 is 1.89 bits per heavy atom. The molecule has 0 saturated heterocycles. The summed E-state index contributed by atoms with van der Waals surface area (Å²) in [6.45, 7) is 11.9. The minimum absolute atomic E-state index is 0.0250. The zero-order valence-corrected chi connectivity index (χ0v) is 17.7. The van der Waals surface area contributed by atoms with E-state index in [-0.39, 0.29) is 22.8 Å². The summed E-state index contributed by atoms with van der Waals surface area (Å²) in [5, 5.41) is 11.9. The fraction of sp³-hybridized carbons (Fsp3) is 0.450. The first kappa shape index (κ1) is 22.4. The van der Waals surface area contributed by atoms with Crippen LogP contribution in [-0.2, 0) is 9.59 Å². The van der Waals surface area contributed by atoms with E-state index in [0.717, 1.165) is 0 Å². The second kappa shape index (κ2) is 8.87. The van der Waals surface area contributed by atoms with E-state index < -0.39 is 32.0 Å². The Morgan fingerprint density at radius 3 is 2.41 bits per heavy atom. The van der Waals surface area contributed by atoms with E-state index in [1.165, 1.54) is 25.1 Å². The third-order valence-electron chi connectivity index (χ3n) is 4.54. The van der Waals surface area contributed by atoms with E-state index in [1.54, 1.807) is 6.07 Å². The Balaban J connectivity index is 2.88. The van der Waals surface area contributed by atoms with Gasteiger partial charge < -0.3 is 15.2 Å². The van der Waals surface area contributed by atoms with Crippen molar-refractivity contribution in [2.75, 3.05) is 0 Å². The van der Waals surface area contributed by atoms with Crippen molar-refractivity contribution < 1.29 is 24.2 Å². The lowest BCUT2D eigenvalue weighted by Crippen LogP contribution is -2.41. The second-order valence-corrected chi connectivity index (χ2v) is 12.9. The summed E-state index contributed by atoms with van der Waals surface area (Å²) in [6.07, 6.45) is 0.0250. The van der Waals surface area contributed by atoms with Gasteiger partial charge in [-0.1, -0.05) is 39.9 Å². The van der Waals surface area contributed by atoms with E-state index in [4.69, 9.17) is 4.74 Å². The number of carbonyl (C=O) groups is 3. The van der Waals surface area contributed by atoms with E-state index in [9.17, 15) is 19.5 Å². The number of hydrogen-bond acceptors (Lipinski definition) is 4. The zero-order valence-electron chi connectivity index (χ0n) is 16.7. The van der Waals surface area contributed by atoms with Crippen molar-refractivity contribution in [3.8, 4) is 17.2 Å². The third kappa shape index (κ3) is 6.91. The maximum atomic E-state index is 12.4. The molecule has 0 unspecified atom stereocenters. The molecule has 1 atom stereocenters. The molecule has 0 aromatic heterocycles. The Bertz CT molecular complexity index is 784. The van der Waals surface area contributed by atoms with Crippen molar-refractivity contribution in [3.63, 3.8) is 0 Å². The molecular formula is C20H27NO5Si. The zero-order chi connectivity index (χ0) is 20.8. The summed E-state index contributed by atoms with van der Waals surface area (Å²) in [4.78, 5) is 34.9. The SMILES string of the molecule is CC(=O)Oc1cccc(C(=O)N[C@@H](CC#C[Si](C)(C)C(C)(C)C)C(=O)O)c1. The predicted molar refractivity (Wildman–Crippen MR) is 106 cm³/mol. The summed E-state index contributed by atoms with van der Waals surface area (Å²) >= 11 is 0. The molecule has 2 N–H and O–H groups in total. The van der Waals surface area contributed by atoms with Crippen molar-refractivity contribution in [1.82, 2.24) is 5.32 Å². The minimum atomic E-state index is -1.85. The highest BCUT2D eigenvalue weighted by molar-refractivity contribution is 6.87. The molecule has 1 aromatic carbocycles. The van der Waals surface area contributed by atoms with Crippen molar-refractivity contribution in [3.05, 3.63) is 29.8 Å². The second-order valence-electron chi connectivity index (χ2n) is 7.87. The van der Waals surface area contributed by atoms with Crippen molar-refractivity contribution in [2.24, 2.45) is 0 Å². The predicted octanol–water partition coefficient (Wildman–Crippen LogP) is 3.24. The van der Waals surface area contributed by atoms with Crippen molar-refractivity contribution >= 4 is 25.9 Å². The maximum Gasteiger partial charge on any atom is 0.327 e. The lowest BCUT2D eigenvalue weighted by molar-refractivity contribution is -0.139. The molecule has 1 aromatic rings. The molecule has 0 spiro atoms. The topological polar surface area (TPSA) is 92.7 Å². The fourth-order valence-electron chi connectivity index (χ4n) is 1.87. The van der Waals surface area contributed by atoms with Crippen LogP contribution in [0.1, 0.15) is 44.5 Å². The molecule has 27 heavy (non-hydrogen) atoms. The molecule has 0 fully saturated rings. The summed E-state index contributed by atoms with van der Waals surface area (Å²) in [5.74, 6) is 0.960. The number of benzene rings is 1. The monoisotopic (exact) mass is 389 g/mol. The number of carbonyl (C=O) groups excluding carboxylic acids is 2. The first-order valence-corrected chi connectivity index (χ1v) is 11.7. The number of nitrogens with one attached hydrogen (secondary N) is 1. The van der Waals surface area contributed by atoms with Crippen LogP contribution >= 0.6 is 0 Å². The number of ether oxygens (including phenoxy) is 1. The van der Waals surface area contributed by atoms with Crippen molar-refractivity contribution in [1.29, 1.82) is 0 Å². The molecule has 0 aliphatic rings. The van der Waals surface area contributed by atoms with E-state index in [1.807, 2.05) is 0 Å². The fourth-order valence-corrected chi connectivity index (χ4v) is 2.79. The number of amides is 1. The molecule has 0 radical (unpaired) electrons. The number of carboxylic acids is 1. The lowest BCUT2D eigenvalue weighted by atomic mass is 10.1. The van der Waals surface area contributed by atoms with Crippen LogP contribution in [0.5, 0.6) is 5.75 Å². The van der Waals surface area contributed by atoms with E-state index in [0.29, 0.717) is 0 Å². The molecule has 0 bridgehead atoms. The molecule has 7 heteroatoms. The summed E-state index contributed by atoms with van der Waals surface area (Å²) in [5.41, 5.74) is 3.45. The smallest absolute Gasteiger partial charge is 0.327 e. The van der Waals surface area contributed by atoms with Gasteiger partial charge in [-0.25, -0.2) is 4.79 Å². The molecular weight excluding hydrogens is 362 g/mol. The number of aliphatic carboxylic acids is 1. The largest absolute Gasteiger partial charge is 0.480 e. The van der Waals surface area contributed by atoms with Gasteiger partial charge in [0.2, 0.25) is 0 Å². The summed E-state index contributed by atoms with van der Waals surface area (Å²) in [7, 11) is -1.85. The first-order valence-electron chi connectivity index (χ1n) is 8.65. The number of carboxylic acid groups (broad SMARTS) is 1. The average molecular weight is 390 g/mol. The molecule has 6 nitrogen and oxygen atoms in total. The molecule has 0 heterocycles. The van der Waals surface area contributed by atoms with Crippen LogP contribution in [0.25, 0.3) is 0 Å². The highest BCUT2D eigenvalue weighted by Gasteiger charge is 2.33. The average Bonchev–Trinajstić information content (AvgIpc) is 2.52. The quantitative estimate of drug-likeness (QED) is 0.349. The van der Waals surface area contributed by atoms with Crippen LogP contribution in [0.4, 0.5) is 0 Å². The molecule has 0 aliphatic carbocycles. The van der Waals surface area contributed by atoms with Gasteiger partial charge in [0.1, 0.15) is 19.9 Å². The summed E-state index contributed by atoms with van der Waals surface area (Å²) < 4.78 is 4.94. The van der Waals surface area contributed by atoms with Gasteiger partial charge in [0.25, 0.3) is 5.91 Å². The molecule has 1 amide bonds. The summed E-state index contributed by atoms with van der Waals surface area (Å²) in [6, 6.07) is 4.88. The minimum Gasteiger partial charge on any atom is -0.480 e. The van der Waals surface area contributed by atoms with Gasteiger partial charge >= 0.3 is 11.9 Å². The van der Waals surface area contributed by atoms with Crippen LogP contribution in [0.15, 0.2) is 24.3 Å². The van der Waals surface area contributed by atoms with E-state index in [2.05, 4.69) is 50.6 Å². The molecule has 146 valence electrons. The van der Waals surface area contributed by atoms with Crippen molar-refractivity contribution in [2.45, 2.75) is 58.3 Å². The normalized spacial score (nSPS) is 12.4. The number of rotatable bonds is 5. The van der Waals surface area contributed by atoms with Crippen LogP contribution in [0.2, 0.25) is 18.1 Å². The molecule has 1 rings (SSSR count). The first-order chi connectivity index (χ1) is 12.3. The lowest BCUT2D eigenvalue weighted by Gasteiger charge is -2.31. The Morgan fingerprint density at radius 1 is 1.26 bits per heavy atom. The molecule has 0 saturated carbocycles. The van der Waals surface area contributed by atoms with Gasteiger partial charge in [0.05, 0.1) is 0 Å². The van der Waals surface area contributed by atoms with Gasteiger partial charge in [-0.3, -0.25) is 9.59 Å². The van der Waals surface area contributed by atoms with Gasteiger partial charge in [-0.05, 0) is 23.2 Å². The highest BCUT2D eigenvalue weighted by Crippen LogP contribution is 2.35. The van der Waals surface area contributed by atoms with Crippen LogP contribution in [0.3, 0.4) is 0 Å².